The third-order valence-corrected chi connectivity index (χ3v) is 4.52. The minimum atomic E-state index is -3.57. The highest BCUT2D eigenvalue weighted by Gasteiger charge is 2.27. The minimum absolute atomic E-state index is 0.165. The van der Waals surface area contributed by atoms with Crippen molar-refractivity contribution in [3.8, 4) is 0 Å². The number of benzene rings is 1. The summed E-state index contributed by atoms with van der Waals surface area (Å²) in [6, 6.07) is 6.54. The average Bonchev–Trinajstić information content (AvgIpc) is 2.41. The van der Waals surface area contributed by atoms with Gasteiger partial charge in [0.15, 0.2) is 0 Å². The van der Waals surface area contributed by atoms with Gasteiger partial charge in [0.25, 0.3) is 10.0 Å². The molecule has 19 heavy (non-hydrogen) atoms. The number of carbonyl (C=O) groups excluding carboxylic acids is 1. The lowest BCUT2D eigenvalue weighted by Gasteiger charge is -2.23. The maximum absolute atomic E-state index is 12.3. The molecular formula is C11H14N4O3S. The van der Waals surface area contributed by atoms with Crippen molar-refractivity contribution in [1.29, 1.82) is 0 Å². The predicted molar refractivity (Wildman–Crippen MR) is 70.0 cm³/mol. The Labute approximate surface area is 111 Å². The van der Waals surface area contributed by atoms with E-state index < -0.39 is 10.0 Å². The Morgan fingerprint density at radius 2 is 2.11 bits per heavy atom. The van der Waals surface area contributed by atoms with Crippen molar-refractivity contribution in [2.45, 2.75) is 17.7 Å². The summed E-state index contributed by atoms with van der Waals surface area (Å²) < 4.78 is 25.7. The summed E-state index contributed by atoms with van der Waals surface area (Å²) in [6.07, 6.45) is 1.81. The number of nitrogens with one attached hydrogen (secondary N) is 1. The van der Waals surface area contributed by atoms with Gasteiger partial charge < -0.3 is 0 Å². The molecule has 0 aliphatic carbocycles. The van der Waals surface area contributed by atoms with Crippen LogP contribution in [0.4, 0.5) is 5.69 Å². The fraction of sp³-hybridized carbons (Fsp3) is 0.273. The van der Waals surface area contributed by atoms with Gasteiger partial charge in [0.05, 0.1) is 5.69 Å². The number of carbonyl (C=O) groups is 1. The molecule has 0 spiro atoms. The summed E-state index contributed by atoms with van der Waals surface area (Å²) in [5.74, 6) is 4.62. The van der Waals surface area contributed by atoms with Crippen LogP contribution in [0.15, 0.2) is 34.2 Å². The van der Waals surface area contributed by atoms with Crippen LogP contribution in [0, 0.1) is 0 Å². The number of nitrogens with zero attached hydrogens (tertiary/aromatic N) is 2. The molecular weight excluding hydrogens is 268 g/mol. The van der Waals surface area contributed by atoms with Crippen molar-refractivity contribution in [3.05, 3.63) is 24.3 Å². The summed E-state index contributed by atoms with van der Waals surface area (Å²) in [5.41, 5.74) is 2.43. The largest absolute Gasteiger partial charge is 0.294 e. The summed E-state index contributed by atoms with van der Waals surface area (Å²) in [5, 5.41) is 0. The monoisotopic (exact) mass is 282 g/mol. The zero-order valence-electron chi connectivity index (χ0n) is 10.1. The highest BCUT2D eigenvalue weighted by molar-refractivity contribution is 7.89. The number of amides is 1. The van der Waals surface area contributed by atoms with Crippen LogP contribution in [0.3, 0.4) is 0 Å². The van der Waals surface area contributed by atoms with E-state index in [1.807, 2.05) is 5.43 Å². The van der Waals surface area contributed by atoms with E-state index in [1.165, 1.54) is 12.4 Å². The summed E-state index contributed by atoms with van der Waals surface area (Å²) in [4.78, 5) is 15.2. The second kappa shape index (κ2) is 5.37. The normalized spacial score (nSPS) is 15.9. The van der Waals surface area contributed by atoms with E-state index in [9.17, 15) is 13.2 Å². The van der Waals surface area contributed by atoms with Gasteiger partial charge in [0, 0.05) is 13.0 Å². The molecule has 7 nitrogen and oxygen atoms in total. The average molecular weight is 282 g/mol. The Kier molecular flexibility index (Phi) is 3.82. The minimum Gasteiger partial charge on any atom is -0.294 e. The second-order valence-corrected chi connectivity index (χ2v) is 5.86. The molecule has 0 radical (unpaired) electrons. The van der Waals surface area contributed by atoms with E-state index in [1.54, 1.807) is 18.2 Å². The van der Waals surface area contributed by atoms with Gasteiger partial charge in [-0.2, -0.15) is 0 Å². The van der Waals surface area contributed by atoms with E-state index in [2.05, 4.69) is 4.99 Å². The van der Waals surface area contributed by atoms with Crippen molar-refractivity contribution in [2.24, 2.45) is 10.8 Å². The van der Waals surface area contributed by atoms with E-state index in [0.29, 0.717) is 12.1 Å². The number of rotatable bonds is 4. The third kappa shape index (κ3) is 2.74. The third-order valence-electron chi connectivity index (χ3n) is 2.72. The SMILES string of the molecule is NNC(=O)CCCN1C=Nc2ccccc2S1(=O)=O. The van der Waals surface area contributed by atoms with E-state index in [4.69, 9.17) is 5.84 Å². The zero-order chi connectivity index (χ0) is 13.9. The molecule has 1 aromatic rings. The molecule has 102 valence electrons. The molecule has 0 fully saturated rings. The number of aliphatic imine (C=N–C) groups is 1. The van der Waals surface area contributed by atoms with Crippen molar-refractivity contribution >= 4 is 28.0 Å². The topological polar surface area (TPSA) is 105 Å². The first-order valence-electron chi connectivity index (χ1n) is 5.70. The van der Waals surface area contributed by atoms with E-state index >= 15 is 0 Å². The second-order valence-electron chi connectivity index (χ2n) is 4.00. The number of nitrogens with two attached hydrogens (primary N) is 1. The molecule has 1 aliphatic rings. The number of sulfonamides is 1. The fourth-order valence-corrected chi connectivity index (χ4v) is 3.17. The van der Waals surface area contributed by atoms with Crippen LogP contribution >= 0.6 is 0 Å². The zero-order valence-corrected chi connectivity index (χ0v) is 10.9. The van der Waals surface area contributed by atoms with Crippen molar-refractivity contribution in [2.75, 3.05) is 6.54 Å². The van der Waals surface area contributed by atoms with Gasteiger partial charge in [-0.1, -0.05) is 12.1 Å². The van der Waals surface area contributed by atoms with Gasteiger partial charge >= 0.3 is 0 Å². The van der Waals surface area contributed by atoms with Crippen molar-refractivity contribution in [1.82, 2.24) is 9.73 Å². The Hall–Kier alpha value is -1.93. The first kappa shape index (κ1) is 13.5. The molecule has 1 aromatic carbocycles. The summed E-state index contributed by atoms with van der Waals surface area (Å²) in [6.45, 7) is 0.188. The van der Waals surface area contributed by atoms with Crippen molar-refractivity contribution in [3.63, 3.8) is 0 Å². The number of para-hydroxylation sites is 1. The Bertz CT molecular complexity index is 612. The molecule has 0 bridgehead atoms. The molecule has 0 saturated heterocycles. The molecule has 0 aromatic heterocycles. The van der Waals surface area contributed by atoms with Crippen LogP contribution in [-0.2, 0) is 14.8 Å². The molecule has 3 N–H and O–H groups in total. The molecule has 8 heteroatoms. The van der Waals surface area contributed by atoms with Gasteiger partial charge in [-0.3, -0.25) is 14.5 Å². The Morgan fingerprint density at radius 1 is 1.37 bits per heavy atom. The summed E-state index contributed by atoms with van der Waals surface area (Å²) in [7, 11) is -3.57. The number of hydrazine groups is 1. The molecule has 1 aliphatic heterocycles. The molecule has 0 atom stereocenters. The predicted octanol–water partition coefficient (Wildman–Crippen LogP) is 0.121. The van der Waals surface area contributed by atoms with Gasteiger partial charge in [-0.15, -0.1) is 0 Å². The van der Waals surface area contributed by atoms with Crippen LogP contribution < -0.4 is 11.3 Å². The molecule has 2 rings (SSSR count). The number of hydrogen-bond acceptors (Lipinski definition) is 5. The lowest BCUT2D eigenvalue weighted by atomic mass is 10.3. The van der Waals surface area contributed by atoms with Gasteiger partial charge in [-0.05, 0) is 18.6 Å². The highest BCUT2D eigenvalue weighted by atomic mass is 32.2. The Morgan fingerprint density at radius 3 is 2.84 bits per heavy atom. The van der Waals surface area contributed by atoms with Crippen LogP contribution in [-0.4, -0.2) is 31.5 Å². The number of hydrogen-bond donors (Lipinski definition) is 2. The first-order valence-corrected chi connectivity index (χ1v) is 7.14. The van der Waals surface area contributed by atoms with Crippen LogP contribution in [0.5, 0.6) is 0 Å². The number of fused-ring (bicyclic) bond motifs is 1. The lowest BCUT2D eigenvalue weighted by molar-refractivity contribution is -0.121. The fourth-order valence-electron chi connectivity index (χ4n) is 1.74. The standard InChI is InChI=1S/C11H14N4O3S/c12-14-11(16)6-3-7-15-8-13-9-4-1-2-5-10(9)19(15,17)18/h1-2,4-5,8H,3,6-7,12H2,(H,14,16). The molecule has 1 heterocycles. The smallest absolute Gasteiger partial charge is 0.267 e. The quantitative estimate of drug-likeness (QED) is 0.465. The molecule has 1 amide bonds. The van der Waals surface area contributed by atoms with E-state index in [0.717, 1.165) is 4.31 Å². The van der Waals surface area contributed by atoms with Crippen LogP contribution in [0.25, 0.3) is 0 Å². The molecule has 0 saturated carbocycles. The first-order chi connectivity index (χ1) is 9.05. The summed E-state index contributed by atoms with van der Waals surface area (Å²) >= 11 is 0. The van der Waals surface area contributed by atoms with Gasteiger partial charge in [0.1, 0.15) is 11.2 Å². The van der Waals surface area contributed by atoms with E-state index in [-0.39, 0.29) is 23.8 Å². The van der Waals surface area contributed by atoms with Crippen LogP contribution in [0.1, 0.15) is 12.8 Å². The molecule has 0 unspecified atom stereocenters. The van der Waals surface area contributed by atoms with Gasteiger partial charge in [-0.25, -0.2) is 19.3 Å². The van der Waals surface area contributed by atoms with Crippen molar-refractivity contribution < 1.29 is 13.2 Å². The maximum atomic E-state index is 12.3. The lowest BCUT2D eigenvalue weighted by Crippen LogP contribution is -2.34. The Balaban J connectivity index is 2.12. The highest BCUT2D eigenvalue weighted by Crippen LogP contribution is 2.29. The van der Waals surface area contributed by atoms with Gasteiger partial charge in [0.2, 0.25) is 5.91 Å². The maximum Gasteiger partial charge on any atom is 0.267 e. The van der Waals surface area contributed by atoms with Crippen LogP contribution in [0.2, 0.25) is 0 Å².